The molecule has 0 spiro atoms. The van der Waals surface area contributed by atoms with Crippen LogP contribution in [0.4, 0.5) is 0 Å². The van der Waals surface area contributed by atoms with Crippen molar-refractivity contribution >= 4 is 93.5 Å². The molecule has 0 aliphatic rings. The van der Waals surface area contributed by atoms with Crippen LogP contribution in [-0.4, -0.2) is 17.5 Å². The van der Waals surface area contributed by atoms with Crippen LogP contribution in [0.25, 0.3) is 64.6 Å². The van der Waals surface area contributed by atoms with E-state index >= 15 is 4.57 Å². The molecule has 9 aromatic carbocycles. The highest BCUT2D eigenvalue weighted by Gasteiger charge is 2.34. The Kier molecular flexibility index (Phi) is 5.32. The summed E-state index contributed by atoms with van der Waals surface area (Å²) in [5.41, 5.74) is 0.397. The number of hydrogen-bond acceptors (Lipinski definition) is 3. The van der Waals surface area contributed by atoms with Crippen molar-refractivity contribution in [2.24, 2.45) is 0 Å². The largest absolute Gasteiger partial charge is 0.388 e. The maximum atomic E-state index is 16.3. The maximum absolute atomic E-state index is 16.3. The number of rotatable bonds is 5. The number of Topliss-reactive ketones (excluding diaryl/α,β-unsaturated/α-hetero) is 1. The summed E-state index contributed by atoms with van der Waals surface area (Å²) in [4.78, 5) is 12.3. The predicted octanol–water partition coefficient (Wildman–Crippen LogP) is 8.30. The molecule has 0 amide bonds. The second kappa shape index (κ2) is 9.21. The third kappa shape index (κ3) is 3.37. The van der Waals surface area contributed by atoms with Crippen molar-refractivity contribution in [2.45, 2.75) is 0 Å². The Labute approximate surface area is 253 Å². The average molecular weight is 585 g/mol. The summed E-state index contributed by atoms with van der Waals surface area (Å²) < 4.78 is 16.3. The number of carbonyl (C=O) groups is 1. The number of benzene rings is 9. The van der Waals surface area contributed by atoms with Crippen molar-refractivity contribution < 1.29 is 14.5 Å². The highest BCUT2D eigenvalue weighted by molar-refractivity contribution is 7.86. The molecule has 9 aromatic rings. The van der Waals surface area contributed by atoms with Gasteiger partial charge in [-0.2, -0.15) is 0 Å². The molecule has 0 bridgehead atoms. The third-order valence-electron chi connectivity index (χ3n) is 9.39. The summed E-state index contributed by atoms with van der Waals surface area (Å²) in [6.45, 7) is -0.568. The van der Waals surface area contributed by atoms with Crippen LogP contribution in [-0.2, 0) is 4.57 Å². The van der Waals surface area contributed by atoms with Gasteiger partial charge in [0, 0.05) is 21.5 Å². The van der Waals surface area contributed by atoms with Gasteiger partial charge in [-0.25, -0.2) is 0 Å². The lowest BCUT2D eigenvalue weighted by Gasteiger charge is -2.25. The summed E-state index contributed by atoms with van der Waals surface area (Å²) >= 11 is 0. The molecule has 208 valence electrons. The van der Waals surface area contributed by atoms with Crippen LogP contribution in [0.1, 0.15) is 10.4 Å². The van der Waals surface area contributed by atoms with Gasteiger partial charge in [-0.1, -0.05) is 121 Å². The first-order valence-corrected chi connectivity index (χ1v) is 16.5. The Morgan fingerprint density at radius 2 is 0.864 bits per heavy atom. The summed E-state index contributed by atoms with van der Waals surface area (Å²) in [5, 5.41) is 25.0. The first-order valence-electron chi connectivity index (χ1n) is 14.8. The molecule has 0 aliphatic carbocycles. The molecule has 0 unspecified atom stereocenters. The molecular weight excluding hydrogens is 559 g/mol. The molecule has 0 saturated carbocycles. The van der Waals surface area contributed by atoms with Gasteiger partial charge in [0.25, 0.3) is 0 Å². The molecule has 0 aliphatic heterocycles. The minimum atomic E-state index is -3.53. The van der Waals surface area contributed by atoms with Gasteiger partial charge in [-0.05, 0) is 76.8 Å². The maximum Gasteiger partial charge on any atom is 0.188 e. The lowest BCUT2D eigenvalue weighted by molar-refractivity contribution is 0.0904. The van der Waals surface area contributed by atoms with E-state index < -0.39 is 13.7 Å². The van der Waals surface area contributed by atoms with Crippen LogP contribution in [0.5, 0.6) is 0 Å². The highest BCUT2D eigenvalue weighted by Crippen LogP contribution is 2.49. The van der Waals surface area contributed by atoms with Crippen molar-refractivity contribution in [1.82, 2.24) is 0 Å². The third-order valence-corrected chi connectivity index (χ3v) is 12.5. The van der Waals surface area contributed by atoms with E-state index in [-0.39, 0.29) is 5.78 Å². The Morgan fingerprint density at radius 1 is 0.477 bits per heavy atom. The van der Waals surface area contributed by atoms with Crippen LogP contribution >= 0.6 is 7.14 Å². The van der Waals surface area contributed by atoms with Crippen LogP contribution in [0.3, 0.4) is 0 Å². The minimum Gasteiger partial charge on any atom is -0.388 e. The molecule has 9 rings (SSSR count). The molecule has 44 heavy (non-hydrogen) atoms. The summed E-state index contributed by atoms with van der Waals surface area (Å²) in [7, 11) is -3.53. The molecule has 0 radical (unpaired) electrons. The average Bonchev–Trinajstić information content (AvgIpc) is 3.09. The lowest BCUT2D eigenvalue weighted by atomic mass is 9.94. The zero-order valence-corrected chi connectivity index (χ0v) is 24.5. The Bertz CT molecular complexity index is 2450. The second-order valence-electron chi connectivity index (χ2n) is 11.6. The van der Waals surface area contributed by atoms with E-state index in [0.29, 0.717) is 10.9 Å². The van der Waals surface area contributed by atoms with Crippen molar-refractivity contribution in [3.8, 4) is 0 Å². The number of aliphatic hydroxyl groups is 1. The Morgan fingerprint density at radius 3 is 1.30 bits per heavy atom. The fourth-order valence-corrected chi connectivity index (χ4v) is 10.4. The molecular formula is C40H25O3P. The van der Waals surface area contributed by atoms with E-state index in [1.807, 2.05) is 12.1 Å². The van der Waals surface area contributed by atoms with Crippen LogP contribution in [0, 0.1) is 0 Å². The van der Waals surface area contributed by atoms with Crippen molar-refractivity contribution in [2.75, 3.05) is 6.61 Å². The summed E-state index contributed by atoms with van der Waals surface area (Å²) in [6.07, 6.45) is 0. The first kappa shape index (κ1) is 25.4. The number of ketones is 1. The van der Waals surface area contributed by atoms with Gasteiger partial charge in [-0.3, -0.25) is 4.79 Å². The summed E-state index contributed by atoms with van der Waals surface area (Å²) in [6, 6.07) is 45.0. The van der Waals surface area contributed by atoms with Gasteiger partial charge in [-0.15, -0.1) is 0 Å². The van der Waals surface area contributed by atoms with Crippen LogP contribution in [0.15, 0.2) is 133 Å². The molecule has 1 N–H and O–H groups in total. The van der Waals surface area contributed by atoms with E-state index in [4.69, 9.17) is 0 Å². The minimum absolute atomic E-state index is 0.364. The molecule has 0 saturated heterocycles. The van der Waals surface area contributed by atoms with Gasteiger partial charge in [0.05, 0.1) is 0 Å². The van der Waals surface area contributed by atoms with Gasteiger partial charge < -0.3 is 9.67 Å². The standard InChI is InChI=1S/C40H25O3P/c41-23-34(42)24-11-17-31(18-12-24)44(43,35-21-15-29-9-7-25-3-1-5-27-13-19-32(35)39(29)37(25)27)36-22-16-30-10-8-26-4-2-6-28-14-20-33(36)40(30)38(26)28/h1-22,41H,23H2. The number of hydrogen-bond donors (Lipinski definition) is 1. The Hall–Kier alpha value is -5.08. The quantitative estimate of drug-likeness (QED) is 0.126. The highest BCUT2D eigenvalue weighted by atomic mass is 31.2. The number of carbonyl (C=O) groups excluding carboxylic acids is 1. The van der Waals surface area contributed by atoms with E-state index in [1.54, 1.807) is 24.3 Å². The molecule has 4 heteroatoms. The van der Waals surface area contributed by atoms with Gasteiger partial charge in [0.15, 0.2) is 12.9 Å². The van der Waals surface area contributed by atoms with E-state index in [9.17, 15) is 9.90 Å². The van der Waals surface area contributed by atoms with Crippen molar-refractivity contribution in [3.63, 3.8) is 0 Å². The predicted molar refractivity (Wildman–Crippen MR) is 185 cm³/mol. The SMILES string of the molecule is O=C(CO)c1ccc(P(=O)(c2ccc3ccc4cccc5ccc2c3c45)c2ccc3ccc4cccc5ccc2c3c45)cc1. The van der Waals surface area contributed by atoms with E-state index in [1.165, 1.54) is 10.8 Å². The van der Waals surface area contributed by atoms with Crippen molar-refractivity contribution in [3.05, 3.63) is 139 Å². The fourth-order valence-electron chi connectivity index (χ4n) is 7.35. The van der Waals surface area contributed by atoms with Gasteiger partial charge >= 0.3 is 0 Å². The summed E-state index contributed by atoms with van der Waals surface area (Å²) in [5.74, 6) is -0.364. The number of aliphatic hydroxyl groups excluding tert-OH is 1. The molecule has 3 nitrogen and oxygen atoms in total. The second-order valence-corrected chi connectivity index (χ2v) is 14.3. The van der Waals surface area contributed by atoms with Crippen LogP contribution in [0.2, 0.25) is 0 Å². The molecule has 0 heterocycles. The molecule has 0 aromatic heterocycles. The van der Waals surface area contributed by atoms with E-state index in [0.717, 1.165) is 64.5 Å². The van der Waals surface area contributed by atoms with Gasteiger partial charge in [0.1, 0.15) is 6.61 Å². The molecule has 0 atom stereocenters. The fraction of sp³-hybridized carbons (Fsp3) is 0.0250. The zero-order valence-electron chi connectivity index (χ0n) is 23.6. The van der Waals surface area contributed by atoms with Crippen LogP contribution < -0.4 is 15.9 Å². The van der Waals surface area contributed by atoms with Crippen molar-refractivity contribution in [1.29, 1.82) is 0 Å². The zero-order chi connectivity index (χ0) is 29.6. The van der Waals surface area contributed by atoms with E-state index in [2.05, 4.69) is 97.1 Å². The monoisotopic (exact) mass is 584 g/mol. The lowest BCUT2D eigenvalue weighted by Crippen LogP contribution is -2.26. The molecule has 0 fully saturated rings. The van der Waals surface area contributed by atoms with Gasteiger partial charge in [0.2, 0.25) is 0 Å². The smallest absolute Gasteiger partial charge is 0.188 e. The normalized spacial score (nSPS) is 12.5. The first-order chi connectivity index (χ1) is 21.6. The topological polar surface area (TPSA) is 54.4 Å². The Balaban J connectivity index is 1.43.